The van der Waals surface area contributed by atoms with E-state index >= 15 is 0 Å². The van der Waals surface area contributed by atoms with E-state index in [0.29, 0.717) is 17.4 Å². The van der Waals surface area contributed by atoms with Crippen LogP contribution in [-0.4, -0.2) is 82.3 Å². The molecule has 0 saturated carbocycles. The van der Waals surface area contributed by atoms with Crippen LogP contribution in [0, 0.1) is 0 Å². The van der Waals surface area contributed by atoms with Gasteiger partial charge in [-0.05, 0) is 64.2 Å². The van der Waals surface area contributed by atoms with E-state index in [4.69, 9.17) is 18.9 Å². The third-order valence-corrected chi connectivity index (χ3v) is 13.9. The molecule has 0 saturated heterocycles. The van der Waals surface area contributed by atoms with Crippen molar-refractivity contribution in [3.05, 3.63) is 24.3 Å². The van der Waals surface area contributed by atoms with E-state index in [1.54, 1.807) is 0 Å². The molecule has 9 nitrogen and oxygen atoms in total. The zero-order valence-corrected chi connectivity index (χ0v) is 48.3. The first-order chi connectivity index (χ1) is 35.1. The van der Waals surface area contributed by atoms with Gasteiger partial charge in [-0.25, -0.2) is 0 Å². The molecule has 0 rings (SSSR count). The number of hydrogen-bond donors (Lipinski definition) is 0. The van der Waals surface area contributed by atoms with Crippen LogP contribution >= 0.6 is 0 Å². The molecule has 0 aliphatic heterocycles. The molecule has 0 aromatic rings. The quantitative estimate of drug-likeness (QED) is 0.0195. The second-order valence-electron chi connectivity index (χ2n) is 22.3. The number of hydrogen-bond acceptors (Lipinski definition) is 8. The lowest BCUT2D eigenvalue weighted by molar-refractivity contribution is -0.870. The van der Waals surface area contributed by atoms with Gasteiger partial charge in [0.1, 0.15) is 13.2 Å². The van der Waals surface area contributed by atoms with Crippen LogP contribution < -0.4 is 5.11 Å². The lowest BCUT2D eigenvalue weighted by atomic mass is 10.0. The molecule has 0 spiro atoms. The Hall–Kier alpha value is -2.23. The summed E-state index contributed by atoms with van der Waals surface area (Å²) in [6, 6.07) is 0. The molecule has 0 aliphatic rings. The average molecular weight is 1020 g/mol. The fraction of sp³-hybridized carbons (Fsp3) is 0.889. The van der Waals surface area contributed by atoms with Gasteiger partial charge in [-0.3, -0.25) is 9.59 Å². The minimum absolute atomic E-state index is 0.150. The summed E-state index contributed by atoms with van der Waals surface area (Å²) in [5.41, 5.74) is 0. The Balaban J connectivity index is 4.13. The molecule has 0 bridgehead atoms. The predicted molar refractivity (Wildman–Crippen MR) is 302 cm³/mol. The van der Waals surface area contributed by atoms with Crippen LogP contribution in [0.3, 0.4) is 0 Å². The number of carboxylic acid groups (broad SMARTS) is 1. The molecule has 0 heterocycles. The summed E-state index contributed by atoms with van der Waals surface area (Å²) in [4.78, 5) is 37.3. The van der Waals surface area contributed by atoms with E-state index < -0.39 is 24.3 Å². The summed E-state index contributed by atoms with van der Waals surface area (Å²) in [7, 11) is 5.93. The van der Waals surface area contributed by atoms with Crippen molar-refractivity contribution in [2.24, 2.45) is 0 Å². The summed E-state index contributed by atoms with van der Waals surface area (Å²) in [5, 5.41) is 11.8. The van der Waals surface area contributed by atoms with E-state index in [1.165, 1.54) is 238 Å². The maximum absolute atomic E-state index is 12.9. The molecule has 0 aromatic carbocycles. The average Bonchev–Trinajstić information content (AvgIpc) is 3.35. The molecule has 0 fully saturated rings. The third-order valence-electron chi connectivity index (χ3n) is 13.9. The number of carbonyl (C=O) groups is 3. The Morgan fingerprint density at radius 1 is 0.403 bits per heavy atom. The van der Waals surface area contributed by atoms with Crippen LogP contribution in [0.5, 0.6) is 0 Å². The topological polar surface area (TPSA) is 111 Å². The third kappa shape index (κ3) is 55.5. The SMILES string of the molecule is CCCCCCCCC/C=C\CCCCCCCCCC(=O)OCC(COC(OCC[N+](C)(C)C)C(=O)[O-])OC(=O)CCCCCCCCCCCCCCCCCCC/C=C\CCCCCCCCCC. The summed E-state index contributed by atoms with van der Waals surface area (Å²) in [5.74, 6) is -2.27. The summed E-state index contributed by atoms with van der Waals surface area (Å²) in [6.45, 7) is 4.79. The predicted octanol–water partition coefficient (Wildman–Crippen LogP) is 17.0. The molecule has 0 N–H and O–H groups in total. The summed E-state index contributed by atoms with van der Waals surface area (Å²) >= 11 is 0. The number of likely N-dealkylation sites (N-methyl/N-ethyl adjacent to an activating group) is 1. The standard InChI is InChI=1S/C63H119NO8/c1-6-8-10-12-14-16-18-20-22-24-26-27-28-29-30-31-32-33-34-35-36-38-40-42-44-46-48-50-52-54-61(66)72-59(58-71-63(62(67)68)69-56-55-64(3,4)5)57-70-60(65)53-51-49-47-45-43-41-39-37-25-23-21-19-17-15-13-11-9-7-2/h23-26,59,63H,6-22,27-58H2,1-5H3/b25-23-,26-24-. The highest BCUT2D eigenvalue weighted by molar-refractivity contribution is 5.70. The molecule has 9 heteroatoms. The zero-order valence-electron chi connectivity index (χ0n) is 48.3. The highest BCUT2D eigenvalue weighted by atomic mass is 16.7. The van der Waals surface area contributed by atoms with Gasteiger partial charge in [0.05, 0.1) is 40.3 Å². The molecule has 72 heavy (non-hydrogen) atoms. The van der Waals surface area contributed by atoms with Crippen molar-refractivity contribution in [2.75, 3.05) is 47.5 Å². The van der Waals surface area contributed by atoms with Gasteiger partial charge in [0.25, 0.3) is 0 Å². The molecule has 2 unspecified atom stereocenters. The Bertz CT molecular complexity index is 1230. The smallest absolute Gasteiger partial charge is 0.306 e. The lowest BCUT2D eigenvalue weighted by Gasteiger charge is -2.26. The van der Waals surface area contributed by atoms with E-state index in [9.17, 15) is 19.5 Å². The number of esters is 2. The minimum atomic E-state index is -1.62. The van der Waals surface area contributed by atoms with Gasteiger partial charge in [0.15, 0.2) is 12.4 Å². The van der Waals surface area contributed by atoms with Crippen molar-refractivity contribution < 1.29 is 42.9 Å². The number of nitrogens with zero attached hydrogens (tertiary/aromatic N) is 1. The Labute approximate surface area is 446 Å². The Kier molecular flexibility index (Phi) is 53.3. The molecule has 0 aromatic heterocycles. The van der Waals surface area contributed by atoms with Gasteiger partial charge in [-0.15, -0.1) is 0 Å². The van der Waals surface area contributed by atoms with Crippen molar-refractivity contribution in [3.63, 3.8) is 0 Å². The maximum Gasteiger partial charge on any atom is 0.306 e. The number of ether oxygens (including phenoxy) is 4. The van der Waals surface area contributed by atoms with Gasteiger partial charge in [0.2, 0.25) is 0 Å². The molecule has 2 atom stereocenters. The van der Waals surface area contributed by atoms with E-state index in [2.05, 4.69) is 38.2 Å². The van der Waals surface area contributed by atoms with Gasteiger partial charge in [-0.1, -0.05) is 250 Å². The fourth-order valence-corrected chi connectivity index (χ4v) is 9.12. The van der Waals surface area contributed by atoms with Crippen LogP contribution in [0.2, 0.25) is 0 Å². The van der Waals surface area contributed by atoms with E-state index in [-0.39, 0.29) is 32.2 Å². The fourth-order valence-electron chi connectivity index (χ4n) is 9.12. The second kappa shape index (κ2) is 55.0. The lowest BCUT2D eigenvalue weighted by Crippen LogP contribution is -2.44. The number of aliphatic carboxylic acids is 1. The second-order valence-corrected chi connectivity index (χ2v) is 22.3. The number of rotatable bonds is 58. The van der Waals surface area contributed by atoms with Crippen molar-refractivity contribution >= 4 is 17.9 Å². The molecular weight excluding hydrogens is 899 g/mol. The highest BCUT2D eigenvalue weighted by Crippen LogP contribution is 2.17. The van der Waals surface area contributed by atoms with Crippen molar-refractivity contribution in [1.82, 2.24) is 0 Å². The molecule has 424 valence electrons. The molecular formula is C63H119NO8. The minimum Gasteiger partial charge on any atom is -0.545 e. The van der Waals surface area contributed by atoms with Crippen molar-refractivity contribution in [3.8, 4) is 0 Å². The summed E-state index contributed by atoms with van der Waals surface area (Å²) < 4.78 is 22.7. The number of allylic oxidation sites excluding steroid dienone is 4. The van der Waals surface area contributed by atoms with Crippen molar-refractivity contribution in [1.29, 1.82) is 0 Å². The zero-order chi connectivity index (χ0) is 52.7. The van der Waals surface area contributed by atoms with E-state index in [1.807, 2.05) is 21.1 Å². The van der Waals surface area contributed by atoms with Crippen LogP contribution in [-0.2, 0) is 33.3 Å². The van der Waals surface area contributed by atoms with Gasteiger partial charge >= 0.3 is 11.9 Å². The van der Waals surface area contributed by atoms with Crippen LogP contribution in [0.15, 0.2) is 24.3 Å². The van der Waals surface area contributed by atoms with Crippen LogP contribution in [0.4, 0.5) is 0 Å². The van der Waals surface area contributed by atoms with Crippen LogP contribution in [0.1, 0.15) is 303 Å². The highest BCUT2D eigenvalue weighted by Gasteiger charge is 2.22. The monoisotopic (exact) mass is 1020 g/mol. The van der Waals surface area contributed by atoms with Gasteiger partial charge < -0.3 is 33.3 Å². The number of unbranched alkanes of at least 4 members (excludes halogenated alkanes) is 39. The molecule has 0 amide bonds. The maximum atomic E-state index is 12.9. The van der Waals surface area contributed by atoms with Gasteiger partial charge in [-0.2, -0.15) is 0 Å². The first kappa shape index (κ1) is 69.8. The number of carboxylic acids is 1. The first-order valence-electron chi connectivity index (χ1n) is 31.0. The largest absolute Gasteiger partial charge is 0.545 e. The Morgan fingerprint density at radius 3 is 1.03 bits per heavy atom. The summed E-state index contributed by atoms with van der Waals surface area (Å²) in [6.07, 6.45) is 62.4. The number of quaternary nitrogens is 1. The number of carbonyl (C=O) groups excluding carboxylic acids is 3. The first-order valence-corrected chi connectivity index (χ1v) is 31.0. The van der Waals surface area contributed by atoms with Crippen LogP contribution in [0.25, 0.3) is 0 Å². The molecule has 0 radical (unpaired) electrons. The normalized spacial score (nSPS) is 12.8. The molecule has 0 aliphatic carbocycles. The van der Waals surface area contributed by atoms with E-state index in [0.717, 1.165) is 38.5 Å². The van der Waals surface area contributed by atoms with Crippen molar-refractivity contribution in [2.45, 2.75) is 315 Å². The van der Waals surface area contributed by atoms with Gasteiger partial charge in [0, 0.05) is 12.8 Å². The Morgan fingerprint density at radius 2 is 0.708 bits per heavy atom.